The Morgan fingerprint density at radius 1 is 1.60 bits per heavy atom. The number of rotatable bonds is 1. The molecule has 1 aliphatic rings. The van der Waals surface area contributed by atoms with Gasteiger partial charge in [-0.05, 0) is 24.3 Å². The summed E-state index contributed by atoms with van der Waals surface area (Å²) in [6, 6.07) is 0.380. The van der Waals surface area contributed by atoms with E-state index in [1.807, 2.05) is 0 Å². The zero-order valence-corrected chi connectivity index (χ0v) is 6.07. The molecule has 0 unspecified atom stereocenters. The predicted octanol–water partition coefficient (Wildman–Crippen LogP) is 1.42. The van der Waals surface area contributed by atoms with Crippen LogP contribution in [0.15, 0.2) is 5.11 Å². The Hall–Kier alpha value is -0.730. The van der Waals surface area contributed by atoms with Gasteiger partial charge >= 0.3 is 0 Å². The lowest BCUT2D eigenvalue weighted by molar-refractivity contribution is 0.526. The van der Waals surface area contributed by atoms with Gasteiger partial charge in [-0.15, -0.1) is 0 Å². The molecule has 1 saturated carbocycles. The van der Waals surface area contributed by atoms with E-state index in [0.717, 1.165) is 12.8 Å². The Balaban J connectivity index is 2.48. The van der Waals surface area contributed by atoms with Crippen LogP contribution in [0, 0.1) is 5.92 Å². The van der Waals surface area contributed by atoms with Crippen LogP contribution in [-0.2, 0) is 0 Å². The zero-order valence-electron chi connectivity index (χ0n) is 6.07. The first-order valence-electron chi connectivity index (χ1n) is 3.54. The molecule has 4 heteroatoms. The van der Waals surface area contributed by atoms with E-state index < -0.39 is 0 Å². The fraction of sp³-hybridized carbons (Fsp3) is 1.00. The molecule has 0 radical (unpaired) electrons. The van der Waals surface area contributed by atoms with Crippen molar-refractivity contribution < 1.29 is 0 Å². The van der Waals surface area contributed by atoms with Crippen LogP contribution in [-0.4, -0.2) is 12.1 Å². The molecule has 56 valence electrons. The van der Waals surface area contributed by atoms with E-state index in [9.17, 15) is 0 Å². The number of nitrogens with two attached hydrogens (primary N) is 1. The lowest BCUT2D eigenvalue weighted by atomic mass is 10.1. The summed E-state index contributed by atoms with van der Waals surface area (Å²) < 4.78 is 0. The maximum Gasteiger partial charge on any atom is 0.0392 e. The first-order chi connectivity index (χ1) is 4.74. The Labute approximate surface area is 60.0 Å². The first kappa shape index (κ1) is 7.38. The second-order valence-corrected chi connectivity index (χ2v) is 2.97. The van der Waals surface area contributed by atoms with Gasteiger partial charge in [0.1, 0.15) is 0 Å². The monoisotopic (exact) mass is 140 g/mol. The van der Waals surface area contributed by atoms with E-state index in [0.29, 0.717) is 5.92 Å². The minimum atomic E-state index is 0.148. The summed E-state index contributed by atoms with van der Waals surface area (Å²) in [5, 5.41) is 3.62. The third-order valence-electron chi connectivity index (χ3n) is 2.13. The van der Waals surface area contributed by atoms with Gasteiger partial charge < -0.3 is 5.73 Å². The van der Waals surface area contributed by atoms with Gasteiger partial charge in [0.25, 0.3) is 0 Å². The standard InChI is InChI=1S/C6H12N4/c1-4-2-5(9-10-8)3-6(4)7/h4-6H,2-3,7H2,1H3/t4-,5+,6+/m1/s1. The van der Waals surface area contributed by atoms with Crippen LogP contribution in [0.5, 0.6) is 0 Å². The van der Waals surface area contributed by atoms with Gasteiger partial charge in [0.05, 0.1) is 0 Å². The first-order valence-corrected chi connectivity index (χ1v) is 3.54. The van der Waals surface area contributed by atoms with Crippen LogP contribution in [0.2, 0.25) is 0 Å². The number of hydrogen-bond acceptors (Lipinski definition) is 2. The van der Waals surface area contributed by atoms with E-state index in [1.54, 1.807) is 0 Å². The van der Waals surface area contributed by atoms with Crippen LogP contribution in [0.25, 0.3) is 10.4 Å². The Bertz CT molecular complexity index is 151. The van der Waals surface area contributed by atoms with Crippen LogP contribution >= 0.6 is 0 Å². The molecule has 0 aromatic carbocycles. The molecule has 0 heterocycles. The van der Waals surface area contributed by atoms with Crippen LogP contribution in [0.3, 0.4) is 0 Å². The number of azide groups is 1. The molecule has 0 spiro atoms. The lowest BCUT2D eigenvalue weighted by Crippen LogP contribution is -2.22. The van der Waals surface area contributed by atoms with Crippen molar-refractivity contribution in [3.63, 3.8) is 0 Å². The maximum absolute atomic E-state index is 8.12. The normalized spacial score (nSPS) is 39.2. The van der Waals surface area contributed by atoms with Crippen LogP contribution < -0.4 is 5.73 Å². The van der Waals surface area contributed by atoms with Gasteiger partial charge in [0.2, 0.25) is 0 Å². The molecule has 0 aromatic heterocycles. The van der Waals surface area contributed by atoms with Gasteiger partial charge in [-0.2, -0.15) is 0 Å². The minimum Gasteiger partial charge on any atom is -0.327 e. The molecule has 2 N–H and O–H groups in total. The van der Waals surface area contributed by atoms with Crippen molar-refractivity contribution in [1.82, 2.24) is 0 Å². The molecule has 0 bridgehead atoms. The van der Waals surface area contributed by atoms with Crippen molar-refractivity contribution in [1.29, 1.82) is 0 Å². The number of nitrogens with zero attached hydrogens (tertiary/aromatic N) is 3. The van der Waals surface area contributed by atoms with Crippen molar-refractivity contribution in [2.45, 2.75) is 31.8 Å². The molecule has 10 heavy (non-hydrogen) atoms. The fourth-order valence-electron chi connectivity index (χ4n) is 1.41. The SMILES string of the molecule is C[C@@H]1C[C@H](N=[N+]=[N-])C[C@@H]1N. The Kier molecular flexibility index (Phi) is 2.14. The highest BCUT2D eigenvalue weighted by molar-refractivity contribution is 4.87. The summed E-state index contributed by atoms with van der Waals surface area (Å²) >= 11 is 0. The van der Waals surface area contributed by atoms with E-state index in [4.69, 9.17) is 11.3 Å². The van der Waals surface area contributed by atoms with Gasteiger partial charge in [0, 0.05) is 17.0 Å². The lowest BCUT2D eigenvalue weighted by Gasteiger charge is -2.05. The molecule has 0 amide bonds. The number of hydrogen-bond donors (Lipinski definition) is 1. The fourth-order valence-corrected chi connectivity index (χ4v) is 1.41. The van der Waals surface area contributed by atoms with Crippen LogP contribution in [0.1, 0.15) is 19.8 Å². The maximum atomic E-state index is 8.12. The van der Waals surface area contributed by atoms with Crippen molar-refractivity contribution in [2.24, 2.45) is 16.8 Å². The summed E-state index contributed by atoms with van der Waals surface area (Å²) in [5.74, 6) is 0.510. The minimum absolute atomic E-state index is 0.148. The van der Waals surface area contributed by atoms with E-state index in [1.165, 1.54) is 0 Å². The Morgan fingerprint density at radius 3 is 2.70 bits per heavy atom. The Morgan fingerprint density at radius 2 is 2.30 bits per heavy atom. The molecule has 0 aliphatic heterocycles. The predicted molar refractivity (Wildman–Crippen MR) is 39.3 cm³/mol. The third-order valence-corrected chi connectivity index (χ3v) is 2.13. The highest BCUT2D eigenvalue weighted by Gasteiger charge is 2.27. The summed E-state index contributed by atoms with van der Waals surface area (Å²) in [6.07, 6.45) is 1.80. The van der Waals surface area contributed by atoms with Gasteiger partial charge in [0.15, 0.2) is 0 Å². The second kappa shape index (κ2) is 2.90. The van der Waals surface area contributed by atoms with Crippen molar-refractivity contribution in [3.05, 3.63) is 10.4 Å². The third kappa shape index (κ3) is 1.40. The zero-order chi connectivity index (χ0) is 7.56. The quantitative estimate of drug-likeness (QED) is 0.334. The topological polar surface area (TPSA) is 74.8 Å². The average Bonchev–Trinajstić information content (AvgIpc) is 2.14. The van der Waals surface area contributed by atoms with Gasteiger partial charge in [-0.3, -0.25) is 0 Å². The molecule has 1 rings (SSSR count). The summed E-state index contributed by atoms with van der Waals surface area (Å²) in [6.45, 7) is 2.09. The highest BCUT2D eigenvalue weighted by Crippen LogP contribution is 2.26. The largest absolute Gasteiger partial charge is 0.327 e. The van der Waals surface area contributed by atoms with Crippen molar-refractivity contribution in [3.8, 4) is 0 Å². The van der Waals surface area contributed by atoms with E-state index >= 15 is 0 Å². The summed E-state index contributed by atoms with van der Waals surface area (Å²) in [5.41, 5.74) is 13.8. The average molecular weight is 140 g/mol. The molecular formula is C6H12N4. The smallest absolute Gasteiger partial charge is 0.0392 e. The van der Waals surface area contributed by atoms with Crippen molar-refractivity contribution >= 4 is 0 Å². The van der Waals surface area contributed by atoms with E-state index in [-0.39, 0.29) is 12.1 Å². The summed E-state index contributed by atoms with van der Waals surface area (Å²) in [4.78, 5) is 2.76. The summed E-state index contributed by atoms with van der Waals surface area (Å²) in [7, 11) is 0. The molecular weight excluding hydrogens is 128 g/mol. The molecule has 0 aromatic rings. The second-order valence-electron chi connectivity index (χ2n) is 2.97. The molecule has 1 aliphatic carbocycles. The van der Waals surface area contributed by atoms with Gasteiger partial charge in [-0.1, -0.05) is 12.0 Å². The molecule has 0 saturated heterocycles. The molecule has 3 atom stereocenters. The van der Waals surface area contributed by atoms with Crippen molar-refractivity contribution in [2.75, 3.05) is 0 Å². The highest BCUT2D eigenvalue weighted by atomic mass is 15.2. The van der Waals surface area contributed by atoms with Crippen LogP contribution in [0.4, 0.5) is 0 Å². The van der Waals surface area contributed by atoms with Gasteiger partial charge in [-0.25, -0.2) is 0 Å². The van der Waals surface area contributed by atoms with E-state index in [2.05, 4.69) is 16.9 Å². The molecule has 4 nitrogen and oxygen atoms in total. The molecule has 1 fully saturated rings.